The van der Waals surface area contributed by atoms with Crippen molar-refractivity contribution < 1.29 is 33.9 Å². The fourth-order valence-corrected chi connectivity index (χ4v) is 5.57. The van der Waals surface area contributed by atoms with E-state index in [0.29, 0.717) is 18.4 Å². The highest BCUT2D eigenvalue weighted by Gasteiger charge is 2.31. The van der Waals surface area contributed by atoms with Crippen molar-refractivity contribution in [1.29, 1.82) is 0 Å². The van der Waals surface area contributed by atoms with Crippen LogP contribution in [-0.4, -0.2) is 69.8 Å². The Labute approximate surface area is 280 Å². The van der Waals surface area contributed by atoms with Gasteiger partial charge >= 0.3 is 5.97 Å². The van der Waals surface area contributed by atoms with Gasteiger partial charge in [0.25, 0.3) is 0 Å². The van der Waals surface area contributed by atoms with Gasteiger partial charge in [0.2, 0.25) is 29.5 Å². The maximum Gasteiger partial charge on any atom is 0.303 e. The number of halogens is 1. The number of primary amides is 1. The van der Waals surface area contributed by atoms with Gasteiger partial charge in [-0.15, -0.1) is 0 Å². The summed E-state index contributed by atoms with van der Waals surface area (Å²) in [4.78, 5) is 79.3. The van der Waals surface area contributed by atoms with Crippen molar-refractivity contribution >= 4 is 62.3 Å². The molecule has 1 aromatic heterocycles. The Balaban J connectivity index is 1.78. The molecule has 5 amide bonds. The number of aromatic amines is 1. The van der Waals surface area contributed by atoms with Crippen molar-refractivity contribution in [3.05, 3.63) is 70.3 Å². The number of aliphatic carboxylic acids is 1. The van der Waals surface area contributed by atoms with E-state index in [-0.39, 0.29) is 25.7 Å². The summed E-state index contributed by atoms with van der Waals surface area (Å²) in [5, 5.41) is 20.7. The molecule has 3 rings (SSSR count). The van der Waals surface area contributed by atoms with Crippen molar-refractivity contribution in [2.45, 2.75) is 83.0 Å². The third-order valence-electron chi connectivity index (χ3n) is 7.54. The van der Waals surface area contributed by atoms with E-state index in [4.69, 9.17) is 5.73 Å². The summed E-state index contributed by atoms with van der Waals surface area (Å²) < 4.78 is 0.763. The van der Waals surface area contributed by atoms with E-state index in [1.807, 2.05) is 31.2 Å². The predicted molar refractivity (Wildman–Crippen MR) is 179 cm³/mol. The normalized spacial score (nSPS) is 13.5. The van der Waals surface area contributed by atoms with Crippen LogP contribution in [0.3, 0.4) is 0 Å². The third-order valence-corrected chi connectivity index (χ3v) is 8.03. The summed E-state index contributed by atoms with van der Waals surface area (Å²) in [6.07, 6.45) is 2.70. The summed E-state index contributed by atoms with van der Waals surface area (Å²) >= 11 is 3.36. The number of carboxylic acid groups (broad SMARTS) is 1. The van der Waals surface area contributed by atoms with E-state index >= 15 is 0 Å². The molecule has 0 aliphatic heterocycles. The first-order valence-corrected chi connectivity index (χ1v) is 16.2. The zero-order valence-corrected chi connectivity index (χ0v) is 27.9. The minimum atomic E-state index is -1.35. The van der Waals surface area contributed by atoms with Crippen molar-refractivity contribution in [3.63, 3.8) is 0 Å². The fourth-order valence-electron chi connectivity index (χ4n) is 5.13. The number of H-pyrrole nitrogens is 1. The molecule has 0 spiro atoms. The number of carbonyl (C=O) groups excluding carboxylic acids is 5. The van der Waals surface area contributed by atoms with Gasteiger partial charge in [-0.1, -0.05) is 66.0 Å². The van der Waals surface area contributed by atoms with Gasteiger partial charge in [-0.2, -0.15) is 0 Å². The molecule has 0 saturated carbocycles. The topological polar surface area (TPSA) is 213 Å². The Morgan fingerprint density at radius 3 is 2.09 bits per heavy atom. The van der Waals surface area contributed by atoms with Crippen molar-refractivity contribution in [2.75, 3.05) is 0 Å². The number of unbranched alkanes of at least 4 members (excludes halogenated alkanes) is 1. The average Bonchev–Trinajstić information content (AvgIpc) is 3.42. The van der Waals surface area contributed by atoms with Crippen LogP contribution in [0.2, 0.25) is 0 Å². The molecule has 0 fully saturated rings. The van der Waals surface area contributed by atoms with Crippen LogP contribution in [0.15, 0.2) is 59.2 Å². The second-order valence-electron chi connectivity index (χ2n) is 11.3. The highest BCUT2D eigenvalue weighted by Crippen LogP contribution is 2.19. The third kappa shape index (κ3) is 11.5. The highest BCUT2D eigenvalue weighted by molar-refractivity contribution is 9.10. The number of hydrogen-bond donors (Lipinski definition) is 7. The lowest BCUT2D eigenvalue weighted by molar-refractivity contribution is -0.138. The summed E-state index contributed by atoms with van der Waals surface area (Å²) in [7, 11) is 0. The standard InChI is InChI=1S/C33H41BrN6O7/c1-3-4-11-25(38-33(47)28(37-19(2)41)17-21-18-36-24-12-6-5-10-23(21)24)31(45)39-26(13-14-29(42)43)32(46)40-27(30(35)44)16-20-8-7-9-22(34)15-20/h5-10,12,15,18,25-28,36H,3-4,11,13-14,16-17H2,1-2H3,(H2,35,44)(H,37,41)(H,38,47)(H,39,45)(H,40,46)(H,42,43)/t25-,26-,27-,28+/m0/s1. The van der Waals surface area contributed by atoms with E-state index in [2.05, 4.69) is 42.2 Å². The second-order valence-corrected chi connectivity index (χ2v) is 12.2. The number of aromatic nitrogens is 1. The Morgan fingerprint density at radius 2 is 1.47 bits per heavy atom. The minimum Gasteiger partial charge on any atom is -0.481 e. The van der Waals surface area contributed by atoms with Gasteiger partial charge in [-0.3, -0.25) is 28.8 Å². The fraction of sp³-hybridized carbons (Fsp3) is 0.394. The van der Waals surface area contributed by atoms with Gasteiger partial charge in [0.1, 0.15) is 24.2 Å². The second kappa shape index (κ2) is 17.8. The molecule has 3 aromatic rings. The van der Waals surface area contributed by atoms with E-state index in [1.165, 1.54) is 6.92 Å². The number of fused-ring (bicyclic) bond motifs is 1. The number of nitrogens with two attached hydrogens (primary N) is 1. The van der Waals surface area contributed by atoms with Gasteiger partial charge in [0.15, 0.2) is 0 Å². The molecule has 252 valence electrons. The summed E-state index contributed by atoms with van der Waals surface area (Å²) in [6.45, 7) is 3.20. The SMILES string of the molecule is CCCC[C@H](NC(=O)[C@@H](Cc1c[nH]c2ccccc12)NC(C)=O)C(=O)N[C@@H](CCC(=O)O)C(=O)N[C@@H](Cc1cccc(Br)c1)C(N)=O. The van der Waals surface area contributed by atoms with Crippen LogP contribution in [-0.2, 0) is 41.6 Å². The number of nitrogens with one attached hydrogen (secondary N) is 5. The molecule has 0 bridgehead atoms. The molecule has 0 aliphatic rings. The van der Waals surface area contributed by atoms with Gasteiger partial charge in [-0.25, -0.2) is 0 Å². The van der Waals surface area contributed by atoms with Crippen molar-refractivity contribution in [3.8, 4) is 0 Å². The maximum absolute atomic E-state index is 13.6. The first kappa shape index (κ1) is 36.7. The number of carboxylic acids is 1. The molecule has 8 N–H and O–H groups in total. The van der Waals surface area contributed by atoms with Gasteiger partial charge in [0.05, 0.1) is 0 Å². The molecule has 0 saturated heterocycles. The highest BCUT2D eigenvalue weighted by atomic mass is 79.9. The van der Waals surface area contributed by atoms with Crippen LogP contribution in [0, 0.1) is 0 Å². The van der Waals surface area contributed by atoms with Crippen LogP contribution in [0.4, 0.5) is 0 Å². The average molecular weight is 714 g/mol. The lowest BCUT2D eigenvalue weighted by Gasteiger charge is -2.26. The summed E-state index contributed by atoms with van der Waals surface area (Å²) in [5.74, 6) is -4.55. The Hall–Kier alpha value is -4.72. The molecule has 0 aliphatic carbocycles. The molecule has 47 heavy (non-hydrogen) atoms. The lowest BCUT2D eigenvalue weighted by Crippen LogP contribution is -2.58. The summed E-state index contributed by atoms with van der Waals surface area (Å²) in [6, 6.07) is 10.00. The lowest BCUT2D eigenvalue weighted by atomic mass is 10.0. The van der Waals surface area contributed by atoms with Crippen molar-refractivity contribution in [1.82, 2.24) is 26.3 Å². The van der Waals surface area contributed by atoms with Crippen LogP contribution >= 0.6 is 15.9 Å². The zero-order valence-electron chi connectivity index (χ0n) is 26.3. The molecule has 13 nitrogen and oxygen atoms in total. The number of carbonyl (C=O) groups is 6. The quantitative estimate of drug-likeness (QED) is 0.104. The monoisotopic (exact) mass is 712 g/mol. The molecule has 0 radical (unpaired) electrons. The Bertz CT molecular complexity index is 1590. The molecular weight excluding hydrogens is 672 g/mol. The number of rotatable bonds is 18. The predicted octanol–water partition coefficient (Wildman–Crippen LogP) is 2.22. The molecule has 4 atom stereocenters. The molecule has 14 heteroatoms. The Morgan fingerprint density at radius 1 is 0.830 bits per heavy atom. The molecule has 2 aromatic carbocycles. The zero-order chi connectivity index (χ0) is 34.5. The molecule has 1 heterocycles. The number of benzene rings is 2. The Kier molecular flexibility index (Phi) is 13.9. The maximum atomic E-state index is 13.6. The van der Waals surface area contributed by atoms with Gasteiger partial charge < -0.3 is 37.1 Å². The smallest absolute Gasteiger partial charge is 0.303 e. The van der Waals surface area contributed by atoms with Gasteiger partial charge in [0, 0.05) is 47.8 Å². The number of amides is 5. The van der Waals surface area contributed by atoms with E-state index in [9.17, 15) is 33.9 Å². The van der Waals surface area contributed by atoms with Gasteiger partial charge in [-0.05, 0) is 42.2 Å². The first-order valence-electron chi connectivity index (χ1n) is 15.4. The van der Waals surface area contributed by atoms with Crippen molar-refractivity contribution in [2.24, 2.45) is 5.73 Å². The molecular formula is C33H41BrN6O7. The van der Waals surface area contributed by atoms with Crippen LogP contribution < -0.4 is 27.0 Å². The minimum absolute atomic E-state index is 0.0657. The van der Waals surface area contributed by atoms with Crippen LogP contribution in [0.1, 0.15) is 57.1 Å². The van der Waals surface area contributed by atoms with Crippen LogP contribution in [0.5, 0.6) is 0 Å². The number of hydrogen-bond acceptors (Lipinski definition) is 6. The molecule has 0 unspecified atom stereocenters. The summed E-state index contributed by atoms with van der Waals surface area (Å²) in [5.41, 5.74) is 7.93. The van der Waals surface area contributed by atoms with E-state index in [0.717, 1.165) is 20.9 Å². The van der Waals surface area contributed by atoms with Crippen LogP contribution in [0.25, 0.3) is 10.9 Å². The first-order chi connectivity index (χ1) is 22.4. The largest absolute Gasteiger partial charge is 0.481 e. The van der Waals surface area contributed by atoms with E-state index in [1.54, 1.807) is 30.5 Å². The number of para-hydroxylation sites is 1. The van der Waals surface area contributed by atoms with E-state index < -0.39 is 66.1 Å².